The number of hydrogen-bond acceptors (Lipinski definition) is 7. The summed E-state index contributed by atoms with van der Waals surface area (Å²) in [4.78, 5) is 47.1. The highest BCUT2D eigenvalue weighted by atomic mass is 35.5. The lowest BCUT2D eigenvalue weighted by atomic mass is 9.98. The molecule has 9 nitrogen and oxygen atoms in total. The molecule has 3 N–H and O–H groups in total. The minimum Gasteiger partial charge on any atom is -0.392 e. The number of carbonyl (C=O) groups excluding carboxylic acids is 3. The summed E-state index contributed by atoms with van der Waals surface area (Å²) in [6, 6.07) is 17.4. The van der Waals surface area contributed by atoms with Crippen molar-refractivity contribution in [3.8, 4) is 11.1 Å². The predicted molar refractivity (Wildman–Crippen MR) is 157 cm³/mol. The fourth-order valence-corrected chi connectivity index (χ4v) is 5.02. The Labute approximate surface area is 242 Å². The van der Waals surface area contributed by atoms with Crippen molar-refractivity contribution in [1.29, 1.82) is 0 Å². The Morgan fingerprint density at radius 1 is 0.951 bits per heavy atom. The molecule has 0 spiro atoms. The second-order valence-electron chi connectivity index (χ2n) is 9.88. The first-order chi connectivity index (χ1) is 19.8. The number of aliphatic hydroxyl groups excluding tert-OH is 1. The molecule has 1 fully saturated rings. The van der Waals surface area contributed by atoms with E-state index in [0.717, 1.165) is 29.7 Å². The molecule has 208 valence electrons. The van der Waals surface area contributed by atoms with Gasteiger partial charge in [-0.3, -0.25) is 29.3 Å². The van der Waals surface area contributed by atoms with Crippen molar-refractivity contribution in [1.82, 2.24) is 14.9 Å². The molecule has 0 saturated carbocycles. The highest BCUT2D eigenvalue weighted by Crippen LogP contribution is 2.37. The van der Waals surface area contributed by atoms with E-state index in [9.17, 15) is 19.5 Å². The molecule has 1 aliphatic rings. The first kappa shape index (κ1) is 28.1. The summed E-state index contributed by atoms with van der Waals surface area (Å²) in [6.07, 6.45) is 4.16. The Hall–Kier alpha value is -4.44. The number of halogens is 1. The maximum Gasteiger partial charge on any atom is 0.274 e. The van der Waals surface area contributed by atoms with Crippen LogP contribution in [0.4, 0.5) is 11.4 Å². The standard InChI is InChI=1S/C31H28ClN5O4/c1-19-23(4-2-6-25(19)35-30(40)28-11-9-21(18-38)15-34-28)24-5-3-7-26(29(24)32)36-31(41)27-10-8-20(14-33-27)16-37-13-12-22(39)17-37/h2-11,14-15,18,22,39H,12-13,16-17H2,1H3,(H,35,40)(H,36,41)/t22-/m1/s1. The summed E-state index contributed by atoms with van der Waals surface area (Å²) in [5.74, 6) is -0.802. The van der Waals surface area contributed by atoms with Gasteiger partial charge in [-0.2, -0.15) is 0 Å². The average molecular weight is 570 g/mol. The van der Waals surface area contributed by atoms with Crippen molar-refractivity contribution in [3.05, 3.63) is 106 Å². The number of amides is 2. The molecule has 0 unspecified atom stereocenters. The van der Waals surface area contributed by atoms with Gasteiger partial charge in [-0.05, 0) is 60.4 Å². The highest BCUT2D eigenvalue weighted by molar-refractivity contribution is 6.36. The number of anilines is 2. The van der Waals surface area contributed by atoms with Gasteiger partial charge < -0.3 is 15.7 Å². The zero-order valence-electron chi connectivity index (χ0n) is 22.3. The number of likely N-dealkylation sites (tertiary alicyclic amines) is 1. The van der Waals surface area contributed by atoms with E-state index in [0.29, 0.717) is 46.9 Å². The van der Waals surface area contributed by atoms with Gasteiger partial charge in [-0.25, -0.2) is 0 Å². The molecule has 4 aromatic rings. The molecule has 2 amide bonds. The van der Waals surface area contributed by atoms with Crippen LogP contribution < -0.4 is 10.6 Å². The Balaban J connectivity index is 1.30. The Kier molecular flexibility index (Phi) is 8.49. The number of nitrogens with one attached hydrogen (secondary N) is 2. The number of carbonyl (C=O) groups is 3. The maximum absolute atomic E-state index is 13.0. The second-order valence-corrected chi connectivity index (χ2v) is 10.3. The molecular weight excluding hydrogens is 542 g/mol. The van der Waals surface area contributed by atoms with Gasteiger partial charge in [0.1, 0.15) is 11.4 Å². The van der Waals surface area contributed by atoms with Crippen LogP contribution in [0.25, 0.3) is 11.1 Å². The number of aliphatic hydroxyl groups is 1. The number of benzene rings is 2. The lowest BCUT2D eigenvalue weighted by Gasteiger charge is -2.16. The second kappa shape index (κ2) is 12.4. The SMILES string of the molecule is Cc1c(NC(=O)c2ccc(C=O)cn2)cccc1-c1cccc(NC(=O)c2ccc(CN3CC[C@@H](O)C3)cn2)c1Cl. The van der Waals surface area contributed by atoms with E-state index in [-0.39, 0.29) is 17.5 Å². The Bertz CT molecular complexity index is 1590. The maximum atomic E-state index is 13.0. The molecule has 2 aromatic carbocycles. The third kappa shape index (κ3) is 6.49. The van der Waals surface area contributed by atoms with Crippen molar-refractivity contribution in [3.63, 3.8) is 0 Å². The number of aromatic nitrogens is 2. The fourth-order valence-electron chi connectivity index (χ4n) is 4.75. The minimum absolute atomic E-state index is 0.180. The smallest absolute Gasteiger partial charge is 0.274 e. The average Bonchev–Trinajstić information content (AvgIpc) is 3.40. The van der Waals surface area contributed by atoms with Gasteiger partial charge in [0.25, 0.3) is 11.8 Å². The van der Waals surface area contributed by atoms with Crippen LogP contribution >= 0.6 is 11.6 Å². The van der Waals surface area contributed by atoms with Gasteiger partial charge in [0.05, 0.1) is 16.8 Å². The molecule has 41 heavy (non-hydrogen) atoms. The van der Waals surface area contributed by atoms with Crippen LogP contribution in [0, 0.1) is 6.92 Å². The van der Waals surface area contributed by atoms with Crippen molar-refractivity contribution in [2.45, 2.75) is 26.0 Å². The predicted octanol–water partition coefficient (Wildman–Crippen LogP) is 4.99. The number of aldehydes is 1. The third-order valence-corrected chi connectivity index (χ3v) is 7.39. The largest absolute Gasteiger partial charge is 0.392 e. The molecule has 0 bridgehead atoms. The molecule has 0 aliphatic carbocycles. The van der Waals surface area contributed by atoms with E-state index in [2.05, 4.69) is 25.5 Å². The van der Waals surface area contributed by atoms with Crippen LogP contribution in [0.3, 0.4) is 0 Å². The molecule has 1 aliphatic heterocycles. The summed E-state index contributed by atoms with van der Waals surface area (Å²) in [5.41, 5.74) is 5.03. The Morgan fingerprint density at radius 2 is 1.61 bits per heavy atom. The number of β-amino-alcohol motifs (C(OH)–C–C–N with tert-alkyl or cyclic N) is 1. The van der Waals surface area contributed by atoms with Crippen LogP contribution in [0.15, 0.2) is 73.1 Å². The number of nitrogens with zero attached hydrogens (tertiary/aromatic N) is 3. The summed E-state index contributed by atoms with van der Waals surface area (Å²) in [5, 5.41) is 15.8. The topological polar surface area (TPSA) is 125 Å². The van der Waals surface area contributed by atoms with Gasteiger partial charge in [0.2, 0.25) is 0 Å². The van der Waals surface area contributed by atoms with Crippen molar-refractivity contribution < 1.29 is 19.5 Å². The zero-order chi connectivity index (χ0) is 28.9. The van der Waals surface area contributed by atoms with Gasteiger partial charge in [0, 0.05) is 48.8 Å². The van der Waals surface area contributed by atoms with E-state index < -0.39 is 11.8 Å². The monoisotopic (exact) mass is 569 g/mol. The van der Waals surface area contributed by atoms with Crippen molar-refractivity contribution in [2.75, 3.05) is 23.7 Å². The molecular formula is C31H28ClN5O4. The quantitative estimate of drug-likeness (QED) is 0.255. The number of pyridine rings is 2. The van der Waals surface area contributed by atoms with E-state index in [1.54, 1.807) is 36.5 Å². The van der Waals surface area contributed by atoms with E-state index in [1.165, 1.54) is 18.3 Å². The first-order valence-electron chi connectivity index (χ1n) is 13.1. The summed E-state index contributed by atoms with van der Waals surface area (Å²) in [7, 11) is 0. The fraction of sp³-hybridized carbons (Fsp3) is 0.194. The molecule has 2 aromatic heterocycles. The van der Waals surface area contributed by atoms with E-state index >= 15 is 0 Å². The van der Waals surface area contributed by atoms with E-state index in [1.807, 2.05) is 25.1 Å². The van der Waals surface area contributed by atoms with Crippen LogP contribution in [0.1, 0.15) is 48.9 Å². The summed E-state index contributed by atoms with van der Waals surface area (Å²) in [6.45, 7) is 4.01. The molecule has 1 atom stereocenters. The molecule has 5 rings (SSSR count). The first-order valence-corrected chi connectivity index (χ1v) is 13.5. The minimum atomic E-state index is -0.411. The van der Waals surface area contributed by atoms with Gasteiger partial charge in [0.15, 0.2) is 6.29 Å². The molecule has 3 heterocycles. The van der Waals surface area contributed by atoms with Gasteiger partial charge in [-0.1, -0.05) is 41.9 Å². The van der Waals surface area contributed by atoms with Crippen LogP contribution in [-0.2, 0) is 6.54 Å². The van der Waals surface area contributed by atoms with Crippen LogP contribution in [-0.4, -0.2) is 57.3 Å². The Morgan fingerprint density at radius 3 is 2.22 bits per heavy atom. The number of rotatable bonds is 8. The van der Waals surface area contributed by atoms with Crippen LogP contribution in [0.5, 0.6) is 0 Å². The zero-order valence-corrected chi connectivity index (χ0v) is 23.1. The van der Waals surface area contributed by atoms with Gasteiger partial charge in [-0.15, -0.1) is 0 Å². The number of hydrogen-bond donors (Lipinski definition) is 3. The molecule has 1 saturated heterocycles. The van der Waals surface area contributed by atoms with Gasteiger partial charge >= 0.3 is 0 Å². The van der Waals surface area contributed by atoms with Crippen molar-refractivity contribution in [2.24, 2.45) is 0 Å². The van der Waals surface area contributed by atoms with E-state index in [4.69, 9.17) is 11.6 Å². The lowest BCUT2D eigenvalue weighted by Crippen LogP contribution is -2.21. The third-order valence-electron chi connectivity index (χ3n) is 6.99. The summed E-state index contributed by atoms with van der Waals surface area (Å²) >= 11 is 6.77. The summed E-state index contributed by atoms with van der Waals surface area (Å²) < 4.78 is 0. The molecule has 10 heteroatoms. The molecule has 0 radical (unpaired) electrons. The highest BCUT2D eigenvalue weighted by Gasteiger charge is 2.21. The normalized spacial score (nSPS) is 15.0. The van der Waals surface area contributed by atoms with Crippen LogP contribution in [0.2, 0.25) is 5.02 Å². The lowest BCUT2D eigenvalue weighted by molar-refractivity contribution is 0.101. The van der Waals surface area contributed by atoms with Crippen molar-refractivity contribution >= 4 is 41.1 Å².